The molecule has 0 aliphatic carbocycles. The largest absolute Gasteiger partial charge is 0.468 e. The lowest BCUT2D eigenvalue weighted by molar-refractivity contribution is 0.264. The minimum absolute atomic E-state index is 0.0708. The van der Waals surface area contributed by atoms with E-state index in [9.17, 15) is 5.11 Å². The third-order valence-electron chi connectivity index (χ3n) is 3.05. The lowest BCUT2D eigenvalue weighted by atomic mass is 10.4. The summed E-state index contributed by atoms with van der Waals surface area (Å²) in [5.74, 6) is 1.23. The lowest BCUT2D eigenvalue weighted by Gasteiger charge is -2.06. The molecule has 3 aromatic rings. The number of aliphatic hydroxyl groups excluding tert-OH is 1. The van der Waals surface area contributed by atoms with Crippen molar-refractivity contribution in [3.8, 4) is 6.01 Å². The molecule has 9 heteroatoms. The zero-order valence-electron chi connectivity index (χ0n) is 11.8. The number of anilines is 1. The van der Waals surface area contributed by atoms with Crippen molar-refractivity contribution in [1.82, 2.24) is 19.5 Å². The van der Waals surface area contributed by atoms with Crippen molar-refractivity contribution < 1.29 is 14.3 Å². The average Bonchev–Trinajstić information content (AvgIpc) is 3.13. The summed E-state index contributed by atoms with van der Waals surface area (Å²) < 4.78 is 12.1. The van der Waals surface area contributed by atoms with Crippen LogP contribution in [0.1, 0.15) is 5.76 Å². The summed E-state index contributed by atoms with van der Waals surface area (Å²) in [5, 5.41) is 12.4. The van der Waals surface area contributed by atoms with Gasteiger partial charge in [0.25, 0.3) is 6.01 Å². The summed E-state index contributed by atoms with van der Waals surface area (Å²) in [6, 6.07) is 3.98. The van der Waals surface area contributed by atoms with E-state index in [1.165, 1.54) is 7.11 Å². The first-order valence-electron chi connectivity index (χ1n) is 6.57. The molecule has 116 valence electrons. The molecule has 0 aliphatic heterocycles. The Morgan fingerprint density at radius 1 is 1.41 bits per heavy atom. The van der Waals surface area contributed by atoms with Crippen LogP contribution in [0.15, 0.2) is 22.8 Å². The van der Waals surface area contributed by atoms with Gasteiger partial charge in [0.2, 0.25) is 5.28 Å². The molecule has 0 bridgehead atoms. The molecular formula is C13H14ClN5O3. The van der Waals surface area contributed by atoms with Crippen molar-refractivity contribution in [2.45, 2.75) is 13.1 Å². The third-order valence-corrected chi connectivity index (χ3v) is 3.22. The third kappa shape index (κ3) is 2.70. The van der Waals surface area contributed by atoms with Gasteiger partial charge < -0.3 is 19.6 Å². The number of fused-ring (bicyclic) bond motifs is 1. The van der Waals surface area contributed by atoms with E-state index in [0.29, 0.717) is 36.1 Å². The minimum atomic E-state index is -0.0708. The van der Waals surface area contributed by atoms with Crippen LogP contribution in [-0.4, -0.2) is 38.3 Å². The van der Waals surface area contributed by atoms with Crippen LogP contribution < -0.4 is 10.1 Å². The Morgan fingerprint density at radius 2 is 2.27 bits per heavy atom. The average molecular weight is 324 g/mol. The number of imidazole rings is 1. The molecule has 0 spiro atoms. The SMILES string of the molecule is COc1nc2c(NCc3ccco3)nc(Cl)nc2n1CCO. The van der Waals surface area contributed by atoms with Crippen LogP contribution in [0.3, 0.4) is 0 Å². The number of halogens is 1. The van der Waals surface area contributed by atoms with E-state index in [-0.39, 0.29) is 11.9 Å². The molecule has 3 rings (SSSR count). The Hall–Kier alpha value is -2.32. The standard InChI is InChI=1S/C13H14ClN5O3/c1-21-13-16-9-10(15-7-8-3-2-6-22-8)17-12(14)18-11(9)19(13)4-5-20/h2-3,6,20H,4-5,7H2,1H3,(H,15,17,18). The fourth-order valence-electron chi connectivity index (χ4n) is 2.12. The predicted molar refractivity (Wildman–Crippen MR) is 80.0 cm³/mol. The summed E-state index contributed by atoms with van der Waals surface area (Å²) in [4.78, 5) is 12.7. The maximum absolute atomic E-state index is 9.18. The monoisotopic (exact) mass is 323 g/mol. The second-order valence-corrected chi connectivity index (χ2v) is 4.76. The van der Waals surface area contributed by atoms with Crippen LogP contribution in [0.25, 0.3) is 11.2 Å². The maximum Gasteiger partial charge on any atom is 0.298 e. The number of hydrogen-bond acceptors (Lipinski definition) is 7. The number of furan rings is 1. The number of methoxy groups -OCH3 is 1. The van der Waals surface area contributed by atoms with E-state index < -0.39 is 0 Å². The second-order valence-electron chi connectivity index (χ2n) is 4.42. The van der Waals surface area contributed by atoms with E-state index in [0.717, 1.165) is 5.76 Å². The van der Waals surface area contributed by atoms with Crippen LogP contribution in [-0.2, 0) is 13.1 Å². The van der Waals surface area contributed by atoms with Crippen LogP contribution in [0.2, 0.25) is 5.28 Å². The van der Waals surface area contributed by atoms with Crippen LogP contribution in [0.5, 0.6) is 6.01 Å². The fraction of sp³-hybridized carbons (Fsp3) is 0.308. The Morgan fingerprint density at radius 3 is 2.95 bits per heavy atom. The highest BCUT2D eigenvalue weighted by Gasteiger charge is 2.18. The van der Waals surface area contributed by atoms with Crippen molar-refractivity contribution in [2.75, 3.05) is 19.0 Å². The highest BCUT2D eigenvalue weighted by atomic mass is 35.5. The first-order valence-corrected chi connectivity index (χ1v) is 6.95. The van der Waals surface area contributed by atoms with Gasteiger partial charge in [-0.1, -0.05) is 0 Å². The molecule has 0 amide bonds. The van der Waals surface area contributed by atoms with E-state index >= 15 is 0 Å². The van der Waals surface area contributed by atoms with Gasteiger partial charge in [-0.25, -0.2) is 0 Å². The summed E-state index contributed by atoms with van der Waals surface area (Å²) in [7, 11) is 1.50. The molecule has 0 atom stereocenters. The zero-order chi connectivity index (χ0) is 15.5. The minimum Gasteiger partial charge on any atom is -0.468 e. The zero-order valence-corrected chi connectivity index (χ0v) is 12.5. The Kier molecular flexibility index (Phi) is 4.12. The molecule has 0 saturated heterocycles. The number of aliphatic hydroxyl groups is 1. The fourth-order valence-corrected chi connectivity index (χ4v) is 2.28. The van der Waals surface area contributed by atoms with E-state index in [4.69, 9.17) is 20.8 Å². The van der Waals surface area contributed by atoms with Gasteiger partial charge in [0, 0.05) is 0 Å². The quantitative estimate of drug-likeness (QED) is 0.666. The normalized spacial score (nSPS) is 11.0. The molecule has 2 N–H and O–H groups in total. The maximum atomic E-state index is 9.18. The molecule has 3 aromatic heterocycles. The molecule has 22 heavy (non-hydrogen) atoms. The van der Waals surface area contributed by atoms with Gasteiger partial charge in [-0.05, 0) is 23.7 Å². The molecule has 0 fully saturated rings. The van der Waals surface area contributed by atoms with Gasteiger partial charge in [0.05, 0.1) is 33.1 Å². The van der Waals surface area contributed by atoms with E-state index in [2.05, 4.69) is 20.3 Å². The van der Waals surface area contributed by atoms with Crippen molar-refractivity contribution >= 4 is 28.6 Å². The lowest BCUT2D eigenvalue weighted by Crippen LogP contribution is -2.06. The van der Waals surface area contributed by atoms with E-state index in [1.807, 2.05) is 6.07 Å². The first kappa shape index (κ1) is 14.6. The molecule has 0 aromatic carbocycles. The Labute approximate surface area is 130 Å². The van der Waals surface area contributed by atoms with Crippen LogP contribution in [0.4, 0.5) is 5.82 Å². The van der Waals surface area contributed by atoms with Crippen molar-refractivity contribution in [1.29, 1.82) is 0 Å². The summed E-state index contributed by atoms with van der Waals surface area (Å²) in [5.41, 5.74) is 1.01. The van der Waals surface area contributed by atoms with Gasteiger partial charge >= 0.3 is 0 Å². The van der Waals surface area contributed by atoms with Crippen LogP contribution in [0, 0.1) is 0 Å². The van der Waals surface area contributed by atoms with Crippen molar-refractivity contribution in [3.63, 3.8) is 0 Å². The number of nitrogens with one attached hydrogen (secondary N) is 1. The molecule has 3 heterocycles. The molecule has 0 aliphatic rings. The highest BCUT2D eigenvalue weighted by molar-refractivity contribution is 6.28. The Bertz CT molecular complexity index is 772. The predicted octanol–water partition coefficient (Wildman–Crippen LogP) is 1.69. The molecule has 0 unspecified atom stereocenters. The van der Waals surface area contributed by atoms with Crippen molar-refractivity contribution in [3.05, 3.63) is 29.4 Å². The van der Waals surface area contributed by atoms with Gasteiger partial charge in [0.1, 0.15) is 5.76 Å². The number of nitrogens with zero attached hydrogens (tertiary/aromatic N) is 4. The van der Waals surface area contributed by atoms with Gasteiger partial charge in [-0.3, -0.25) is 4.57 Å². The molecule has 0 saturated carbocycles. The molecule has 8 nitrogen and oxygen atoms in total. The van der Waals surface area contributed by atoms with Gasteiger partial charge in [0.15, 0.2) is 17.0 Å². The number of ether oxygens (including phenoxy) is 1. The van der Waals surface area contributed by atoms with Crippen LogP contribution >= 0.6 is 11.6 Å². The number of aromatic nitrogens is 4. The highest BCUT2D eigenvalue weighted by Crippen LogP contribution is 2.26. The van der Waals surface area contributed by atoms with E-state index in [1.54, 1.807) is 16.9 Å². The first-order chi connectivity index (χ1) is 10.7. The summed E-state index contributed by atoms with van der Waals surface area (Å²) >= 11 is 5.98. The topological polar surface area (TPSA) is 98.2 Å². The number of rotatable bonds is 6. The van der Waals surface area contributed by atoms with Gasteiger partial charge in [-0.15, -0.1) is 0 Å². The Balaban J connectivity index is 2.01. The molecular weight excluding hydrogens is 310 g/mol. The summed E-state index contributed by atoms with van der Waals surface area (Å²) in [6.07, 6.45) is 1.60. The number of hydrogen-bond donors (Lipinski definition) is 2. The summed E-state index contributed by atoms with van der Waals surface area (Å²) in [6.45, 7) is 0.661. The molecule has 0 radical (unpaired) electrons. The van der Waals surface area contributed by atoms with Gasteiger partial charge in [-0.2, -0.15) is 15.0 Å². The smallest absolute Gasteiger partial charge is 0.298 e. The second kappa shape index (κ2) is 6.20. The van der Waals surface area contributed by atoms with Crippen molar-refractivity contribution in [2.24, 2.45) is 0 Å².